The third-order valence-electron chi connectivity index (χ3n) is 6.63. The van der Waals surface area contributed by atoms with Crippen LogP contribution in [0, 0.1) is 0 Å². The quantitative estimate of drug-likeness (QED) is 0.217. The highest BCUT2D eigenvalue weighted by Gasteiger charge is 2.39. The standard InChI is InChI=1S/C25H31N7O3/c1-25(29-15-22(33)34,24(35)32-11-3-4-12-32)17-7-10-20-19(13-17)30-21(31(20)2)14-28-18-8-5-16(6-9-18)23(26)27/h5-10,13,28-29H,3-4,11-12,14-15H2,1-2H3,(H3,26,27)(H,33,34)/p+1. The van der Waals surface area contributed by atoms with Crippen LogP contribution in [0.4, 0.5) is 5.69 Å². The van der Waals surface area contributed by atoms with Gasteiger partial charge in [0.1, 0.15) is 11.4 Å². The van der Waals surface area contributed by atoms with E-state index in [1.54, 1.807) is 11.8 Å². The van der Waals surface area contributed by atoms with Gasteiger partial charge in [0.15, 0.2) is 0 Å². The summed E-state index contributed by atoms with van der Waals surface area (Å²) in [5.74, 6) is -0.0435. The second-order valence-electron chi connectivity index (χ2n) is 9.05. The molecule has 1 unspecified atom stereocenters. The fourth-order valence-corrected chi connectivity index (χ4v) is 4.47. The van der Waals surface area contributed by atoms with Crippen molar-refractivity contribution in [3.8, 4) is 0 Å². The van der Waals surface area contributed by atoms with E-state index in [2.05, 4.69) is 10.6 Å². The Labute approximate surface area is 203 Å². The molecular formula is C25H32N7O3+. The van der Waals surface area contributed by atoms with Crippen LogP contribution in [0.1, 0.15) is 36.7 Å². The zero-order chi connectivity index (χ0) is 25.2. The molecule has 0 radical (unpaired) electrons. The Hall–Kier alpha value is -3.92. The lowest BCUT2D eigenvalue weighted by Gasteiger charge is -2.33. The van der Waals surface area contributed by atoms with Gasteiger partial charge >= 0.3 is 5.97 Å². The number of carboxylic acids is 1. The molecule has 1 atom stereocenters. The van der Waals surface area contributed by atoms with E-state index in [9.17, 15) is 14.7 Å². The van der Waals surface area contributed by atoms with Crippen molar-refractivity contribution in [1.29, 1.82) is 0 Å². The number of carbonyl (C=O) groups excluding carboxylic acids is 1. The van der Waals surface area contributed by atoms with E-state index in [-0.39, 0.29) is 18.3 Å². The molecule has 0 bridgehead atoms. The van der Waals surface area contributed by atoms with Crippen LogP contribution in [0.25, 0.3) is 11.0 Å². The third kappa shape index (κ3) is 4.97. The number of hydrogen-bond acceptors (Lipinski definition) is 5. The first kappa shape index (κ1) is 24.2. The molecule has 0 aliphatic carbocycles. The van der Waals surface area contributed by atoms with E-state index >= 15 is 0 Å². The summed E-state index contributed by atoms with van der Waals surface area (Å²) < 4.78 is 2.00. The molecule has 1 aromatic heterocycles. The molecule has 1 aliphatic rings. The lowest BCUT2D eigenvalue weighted by atomic mass is 9.89. The van der Waals surface area contributed by atoms with E-state index in [0.29, 0.717) is 25.2 Å². The van der Waals surface area contributed by atoms with Crippen molar-refractivity contribution in [3.05, 3.63) is 59.4 Å². The van der Waals surface area contributed by atoms with Crippen LogP contribution in [0.5, 0.6) is 0 Å². The molecule has 35 heavy (non-hydrogen) atoms. The van der Waals surface area contributed by atoms with Gasteiger partial charge < -0.3 is 19.9 Å². The van der Waals surface area contributed by atoms with E-state index < -0.39 is 11.5 Å². The number of benzene rings is 2. The molecule has 10 nitrogen and oxygen atoms in total. The van der Waals surface area contributed by atoms with Crippen LogP contribution in [0.15, 0.2) is 42.5 Å². The Bertz CT molecular complexity index is 1260. The lowest BCUT2D eigenvalue weighted by molar-refractivity contribution is -0.139. The second-order valence-corrected chi connectivity index (χ2v) is 9.05. The van der Waals surface area contributed by atoms with Gasteiger partial charge in [0, 0.05) is 25.8 Å². The van der Waals surface area contributed by atoms with Gasteiger partial charge in [-0.2, -0.15) is 0 Å². The second kappa shape index (κ2) is 9.75. The number of anilines is 1. The zero-order valence-electron chi connectivity index (χ0n) is 20.0. The van der Waals surface area contributed by atoms with Crippen molar-refractivity contribution in [1.82, 2.24) is 19.8 Å². The zero-order valence-corrected chi connectivity index (χ0v) is 20.0. The number of nitrogens with two attached hydrogens (primary N) is 2. The summed E-state index contributed by atoms with van der Waals surface area (Å²) in [6.07, 6.45) is 1.91. The van der Waals surface area contributed by atoms with Crippen molar-refractivity contribution in [2.24, 2.45) is 12.8 Å². The fourth-order valence-electron chi connectivity index (χ4n) is 4.47. The largest absolute Gasteiger partial charge is 0.480 e. The van der Waals surface area contributed by atoms with E-state index in [1.807, 2.05) is 54.1 Å². The van der Waals surface area contributed by atoms with Crippen LogP contribution in [0.3, 0.4) is 0 Å². The molecule has 0 spiro atoms. The van der Waals surface area contributed by atoms with Gasteiger partial charge in [-0.3, -0.25) is 26.0 Å². The molecule has 7 N–H and O–H groups in total. The van der Waals surface area contributed by atoms with Gasteiger partial charge in [0.05, 0.1) is 29.7 Å². The van der Waals surface area contributed by atoms with Crippen molar-refractivity contribution >= 4 is 34.4 Å². The normalized spacial score (nSPS) is 15.2. The number of aromatic nitrogens is 2. The first-order chi connectivity index (χ1) is 16.7. The Morgan fingerprint density at radius 3 is 2.49 bits per heavy atom. The molecule has 2 heterocycles. The molecule has 1 amide bonds. The predicted molar refractivity (Wildman–Crippen MR) is 134 cm³/mol. The molecular weight excluding hydrogens is 446 g/mol. The summed E-state index contributed by atoms with van der Waals surface area (Å²) in [6.45, 7) is 3.28. The van der Waals surface area contributed by atoms with E-state index in [4.69, 9.17) is 16.1 Å². The Balaban J connectivity index is 1.60. The lowest BCUT2D eigenvalue weighted by Crippen LogP contribution is -2.54. The highest BCUT2D eigenvalue weighted by Crippen LogP contribution is 2.29. The highest BCUT2D eigenvalue weighted by molar-refractivity contribution is 5.93. The van der Waals surface area contributed by atoms with Crippen LogP contribution >= 0.6 is 0 Å². The molecule has 1 aliphatic heterocycles. The first-order valence-electron chi connectivity index (χ1n) is 11.6. The summed E-state index contributed by atoms with van der Waals surface area (Å²) in [4.78, 5) is 31.3. The maximum absolute atomic E-state index is 13.4. The number of amides is 1. The number of imidazole rings is 1. The Kier molecular flexibility index (Phi) is 6.74. The average Bonchev–Trinajstić information content (AvgIpc) is 3.49. The topological polar surface area (TPSA) is 151 Å². The van der Waals surface area contributed by atoms with Crippen LogP contribution < -0.4 is 21.8 Å². The summed E-state index contributed by atoms with van der Waals surface area (Å²) >= 11 is 0. The van der Waals surface area contributed by atoms with Crippen LogP contribution in [-0.2, 0) is 28.7 Å². The number of likely N-dealkylation sites (tertiary alicyclic amines) is 1. The molecule has 1 saturated heterocycles. The van der Waals surface area contributed by atoms with E-state index in [1.165, 1.54) is 0 Å². The minimum absolute atomic E-state index is 0.118. The van der Waals surface area contributed by atoms with Gasteiger partial charge in [-0.1, -0.05) is 6.07 Å². The number of fused-ring (bicyclic) bond motifs is 1. The summed E-state index contributed by atoms with van der Waals surface area (Å²) in [6, 6.07) is 13.2. The van der Waals surface area contributed by atoms with Crippen molar-refractivity contribution in [3.63, 3.8) is 0 Å². The average molecular weight is 479 g/mol. The van der Waals surface area contributed by atoms with Crippen LogP contribution in [-0.4, -0.2) is 56.9 Å². The molecule has 4 rings (SSSR count). The summed E-state index contributed by atoms with van der Waals surface area (Å²) in [5.41, 5.74) is 8.47. The maximum Gasteiger partial charge on any atom is 0.317 e. The number of amidine groups is 1. The van der Waals surface area contributed by atoms with Gasteiger partial charge in [-0.15, -0.1) is 0 Å². The number of nitrogens with one attached hydrogen (secondary N) is 2. The SMILES string of the molecule is Cn1c(CNc2ccc(C(N)=[NH2+])cc2)nc2cc(C(C)(NCC(=O)O)C(=O)N3CCCC3)ccc21. The summed E-state index contributed by atoms with van der Waals surface area (Å²) in [7, 11) is 1.94. The van der Waals surface area contributed by atoms with Gasteiger partial charge in [-0.25, -0.2) is 4.98 Å². The van der Waals surface area contributed by atoms with Gasteiger partial charge in [0.2, 0.25) is 5.91 Å². The molecule has 1 fully saturated rings. The Morgan fingerprint density at radius 1 is 1.17 bits per heavy atom. The summed E-state index contributed by atoms with van der Waals surface area (Å²) in [5, 5.41) is 21.2. The van der Waals surface area contributed by atoms with Gasteiger partial charge in [-0.05, 0) is 61.7 Å². The van der Waals surface area contributed by atoms with Crippen molar-refractivity contribution in [2.45, 2.75) is 31.8 Å². The number of aliphatic carboxylic acids is 1. The number of rotatable bonds is 9. The highest BCUT2D eigenvalue weighted by atomic mass is 16.4. The van der Waals surface area contributed by atoms with Crippen molar-refractivity contribution in [2.75, 3.05) is 25.0 Å². The number of carboxylic acid groups (broad SMARTS) is 1. The minimum Gasteiger partial charge on any atom is -0.480 e. The smallest absolute Gasteiger partial charge is 0.317 e. The monoisotopic (exact) mass is 478 g/mol. The number of carbonyl (C=O) groups is 2. The molecule has 184 valence electrons. The minimum atomic E-state index is -1.17. The first-order valence-corrected chi connectivity index (χ1v) is 11.6. The van der Waals surface area contributed by atoms with Gasteiger partial charge in [0.25, 0.3) is 5.84 Å². The molecule has 10 heteroatoms. The van der Waals surface area contributed by atoms with Crippen molar-refractivity contribution < 1.29 is 20.1 Å². The molecule has 0 saturated carbocycles. The Morgan fingerprint density at radius 2 is 1.86 bits per heavy atom. The number of aryl methyl sites for hydroxylation is 1. The maximum atomic E-state index is 13.4. The van der Waals surface area contributed by atoms with E-state index in [0.717, 1.165) is 41.0 Å². The number of hydrogen-bond donors (Lipinski definition) is 5. The molecule has 3 aromatic rings. The van der Waals surface area contributed by atoms with Crippen LogP contribution in [0.2, 0.25) is 0 Å². The molecule has 2 aromatic carbocycles. The third-order valence-corrected chi connectivity index (χ3v) is 6.63. The predicted octanol–water partition coefficient (Wildman–Crippen LogP) is 0.162. The fraction of sp³-hybridized carbons (Fsp3) is 0.360. The number of nitrogens with zero attached hydrogens (tertiary/aromatic N) is 3.